The average molecular weight is 249 g/mol. The summed E-state index contributed by atoms with van der Waals surface area (Å²) < 4.78 is 15.1. The van der Waals surface area contributed by atoms with Crippen molar-refractivity contribution >= 4 is 11.8 Å². The molecular formula is C12H12FN3O2. The third-order valence-electron chi connectivity index (χ3n) is 2.64. The first kappa shape index (κ1) is 12.1. The highest BCUT2D eigenvalue weighted by Crippen LogP contribution is 2.31. The van der Waals surface area contributed by atoms with Crippen molar-refractivity contribution in [3.05, 3.63) is 35.8 Å². The minimum atomic E-state index is -1.23. The molecule has 18 heavy (non-hydrogen) atoms. The molecule has 6 heteroatoms. The normalized spacial score (nSPS) is 10.6. The number of carbonyl (C=O) groups is 1. The number of anilines is 1. The number of benzene rings is 1. The lowest BCUT2D eigenvalue weighted by Crippen LogP contribution is -2.03. The fourth-order valence-electron chi connectivity index (χ4n) is 1.80. The Morgan fingerprint density at radius 3 is 2.72 bits per heavy atom. The van der Waals surface area contributed by atoms with Gasteiger partial charge in [-0.25, -0.2) is 13.9 Å². The van der Waals surface area contributed by atoms with Gasteiger partial charge < -0.3 is 10.8 Å². The number of hydrogen-bond acceptors (Lipinski definition) is 3. The molecule has 0 bridgehead atoms. The van der Waals surface area contributed by atoms with Gasteiger partial charge in [0.05, 0.1) is 5.56 Å². The van der Waals surface area contributed by atoms with E-state index in [0.717, 1.165) is 0 Å². The number of halogens is 1. The minimum Gasteiger partial charge on any atom is -0.476 e. The van der Waals surface area contributed by atoms with Crippen molar-refractivity contribution in [2.45, 2.75) is 13.5 Å². The maximum absolute atomic E-state index is 13.7. The number of rotatable bonds is 3. The highest BCUT2D eigenvalue weighted by Gasteiger charge is 2.23. The van der Waals surface area contributed by atoms with Crippen molar-refractivity contribution in [2.24, 2.45) is 0 Å². The van der Waals surface area contributed by atoms with E-state index in [9.17, 15) is 9.18 Å². The molecule has 0 amide bonds. The molecule has 0 saturated carbocycles. The van der Waals surface area contributed by atoms with Crippen LogP contribution in [-0.2, 0) is 6.54 Å². The fourth-order valence-corrected chi connectivity index (χ4v) is 1.80. The van der Waals surface area contributed by atoms with Gasteiger partial charge in [-0.1, -0.05) is 18.2 Å². The molecule has 0 aliphatic heterocycles. The lowest BCUT2D eigenvalue weighted by atomic mass is 10.0. The molecule has 2 rings (SSSR count). The zero-order valence-electron chi connectivity index (χ0n) is 9.72. The summed E-state index contributed by atoms with van der Waals surface area (Å²) in [5, 5.41) is 13.0. The van der Waals surface area contributed by atoms with Crippen LogP contribution in [0.4, 0.5) is 10.2 Å². The van der Waals surface area contributed by atoms with Gasteiger partial charge in [-0.2, -0.15) is 5.10 Å². The fraction of sp³-hybridized carbons (Fsp3) is 0.167. The highest BCUT2D eigenvalue weighted by molar-refractivity contribution is 5.97. The summed E-state index contributed by atoms with van der Waals surface area (Å²) in [6, 6.07) is 5.88. The molecular weight excluding hydrogens is 237 g/mol. The van der Waals surface area contributed by atoms with Crippen LogP contribution in [0.2, 0.25) is 0 Å². The second-order valence-corrected chi connectivity index (χ2v) is 3.71. The number of hydrogen-bond donors (Lipinski definition) is 2. The van der Waals surface area contributed by atoms with Gasteiger partial charge in [-0.05, 0) is 13.0 Å². The lowest BCUT2D eigenvalue weighted by molar-refractivity contribution is 0.0690. The average Bonchev–Trinajstić information content (AvgIpc) is 2.67. The Morgan fingerprint density at radius 1 is 1.50 bits per heavy atom. The van der Waals surface area contributed by atoms with Crippen LogP contribution in [0.5, 0.6) is 0 Å². The highest BCUT2D eigenvalue weighted by atomic mass is 19.1. The largest absolute Gasteiger partial charge is 0.476 e. The first-order valence-corrected chi connectivity index (χ1v) is 5.40. The number of carboxylic acids is 1. The molecule has 1 heterocycles. The van der Waals surface area contributed by atoms with Crippen LogP contribution in [0, 0.1) is 5.82 Å². The maximum atomic E-state index is 13.7. The molecule has 0 aliphatic carbocycles. The van der Waals surface area contributed by atoms with Gasteiger partial charge in [0.25, 0.3) is 0 Å². The van der Waals surface area contributed by atoms with E-state index in [2.05, 4.69) is 5.10 Å². The standard InChI is InChI=1S/C12H12FN3O2/c1-2-16-11(14)9(10(15-16)12(17)18)7-5-3-4-6-8(7)13/h3-6H,2,14H2,1H3,(H,17,18). The van der Waals surface area contributed by atoms with Crippen LogP contribution in [0.1, 0.15) is 17.4 Å². The molecule has 2 aromatic rings. The first-order chi connectivity index (χ1) is 8.56. The van der Waals surface area contributed by atoms with E-state index in [4.69, 9.17) is 10.8 Å². The van der Waals surface area contributed by atoms with E-state index < -0.39 is 11.8 Å². The third kappa shape index (κ3) is 1.81. The topological polar surface area (TPSA) is 81.1 Å². The van der Waals surface area contributed by atoms with Gasteiger partial charge in [0, 0.05) is 12.1 Å². The number of nitrogens with zero attached hydrogens (tertiary/aromatic N) is 2. The van der Waals surface area contributed by atoms with E-state index in [1.807, 2.05) is 0 Å². The first-order valence-electron chi connectivity index (χ1n) is 5.40. The number of carboxylic acid groups (broad SMARTS) is 1. The summed E-state index contributed by atoms with van der Waals surface area (Å²) in [6.45, 7) is 2.20. The maximum Gasteiger partial charge on any atom is 0.357 e. The summed E-state index contributed by atoms with van der Waals surface area (Å²) in [7, 11) is 0. The minimum absolute atomic E-state index is 0.127. The van der Waals surface area contributed by atoms with Crippen LogP contribution in [-0.4, -0.2) is 20.9 Å². The van der Waals surface area contributed by atoms with Crippen molar-refractivity contribution in [1.29, 1.82) is 0 Å². The van der Waals surface area contributed by atoms with Crippen molar-refractivity contribution in [2.75, 3.05) is 5.73 Å². The predicted molar refractivity (Wildman–Crippen MR) is 64.7 cm³/mol. The predicted octanol–water partition coefficient (Wildman–Crippen LogP) is 1.99. The second kappa shape index (κ2) is 4.48. The third-order valence-corrected chi connectivity index (χ3v) is 2.64. The van der Waals surface area contributed by atoms with Gasteiger partial charge >= 0.3 is 5.97 Å². The van der Waals surface area contributed by atoms with Crippen LogP contribution in [0.15, 0.2) is 24.3 Å². The number of aryl methyl sites for hydroxylation is 1. The molecule has 0 radical (unpaired) electrons. The zero-order valence-corrected chi connectivity index (χ0v) is 9.72. The molecule has 1 aromatic heterocycles. The second-order valence-electron chi connectivity index (χ2n) is 3.71. The van der Waals surface area contributed by atoms with Crippen molar-refractivity contribution in [1.82, 2.24) is 9.78 Å². The number of nitrogens with two attached hydrogens (primary N) is 1. The van der Waals surface area contributed by atoms with Crippen LogP contribution in [0.3, 0.4) is 0 Å². The smallest absolute Gasteiger partial charge is 0.357 e. The Kier molecular flexibility index (Phi) is 3.01. The van der Waals surface area contributed by atoms with Gasteiger partial charge in [-0.3, -0.25) is 0 Å². The molecule has 0 spiro atoms. The quantitative estimate of drug-likeness (QED) is 0.871. The summed E-state index contributed by atoms with van der Waals surface area (Å²) in [4.78, 5) is 11.1. The van der Waals surface area contributed by atoms with E-state index >= 15 is 0 Å². The summed E-state index contributed by atoms with van der Waals surface area (Å²) in [5.41, 5.74) is 5.86. The van der Waals surface area contributed by atoms with Crippen LogP contribution >= 0.6 is 0 Å². The molecule has 0 fully saturated rings. The van der Waals surface area contributed by atoms with Gasteiger partial charge in [0.2, 0.25) is 0 Å². The van der Waals surface area contributed by atoms with E-state index in [1.54, 1.807) is 13.0 Å². The molecule has 0 aliphatic rings. The molecule has 1 aromatic carbocycles. The Balaban J connectivity index is 2.74. The van der Waals surface area contributed by atoms with Crippen molar-refractivity contribution < 1.29 is 14.3 Å². The molecule has 0 saturated heterocycles. The van der Waals surface area contributed by atoms with Crippen LogP contribution < -0.4 is 5.73 Å². The Labute approximate surface area is 103 Å². The van der Waals surface area contributed by atoms with E-state index in [1.165, 1.54) is 22.9 Å². The van der Waals surface area contributed by atoms with Gasteiger partial charge in [0.15, 0.2) is 5.69 Å². The molecule has 94 valence electrons. The van der Waals surface area contributed by atoms with Gasteiger partial charge in [0.1, 0.15) is 11.6 Å². The van der Waals surface area contributed by atoms with Gasteiger partial charge in [-0.15, -0.1) is 0 Å². The SMILES string of the molecule is CCn1nc(C(=O)O)c(-c2ccccc2F)c1N. The van der Waals surface area contributed by atoms with E-state index in [0.29, 0.717) is 6.54 Å². The number of aromatic carboxylic acids is 1. The summed E-state index contributed by atoms with van der Waals surface area (Å²) in [5.74, 6) is -1.60. The summed E-state index contributed by atoms with van der Waals surface area (Å²) >= 11 is 0. The zero-order chi connectivity index (χ0) is 13.3. The molecule has 0 atom stereocenters. The van der Waals surface area contributed by atoms with Crippen LogP contribution in [0.25, 0.3) is 11.1 Å². The Morgan fingerprint density at radius 2 is 2.17 bits per heavy atom. The summed E-state index contributed by atoms with van der Waals surface area (Å²) in [6.07, 6.45) is 0. The molecule has 0 unspecified atom stereocenters. The Hall–Kier alpha value is -2.37. The van der Waals surface area contributed by atoms with E-state index in [-0.39, 0.29) is 22.6 Å². The van der Waals surface area contributed by atoms with Crippen molar-refractivity contribution in [3.63, 3.8) is 0 Å². The monoisotopic (exact) mass is 249 g/mol. The lowest BCUT2D eigenvalue weighted by Gasteiger charge is -2.04. The molecule has 5 nitrogen and oxygen atoms in total. The van der Waals surface area contributed by atoms with Crippen molar-refractivity contribution in [3.8, 4) is 11.1 Å². The number of aromatic nitrogens is 2. The Bertz CT molecular complexity index is 607. The molecule has 3 N–H and O–H groups in total. The number of nitrogen functional groups attached to an aromatic ring is 1.